The van der Waals surface area contributed by atoms with E-state index in [2.05, 4.69) is 16.3 Å². The number of likely N-dealkylation sites (tertiary alicyclic amines) is 1. The van der Waals surface area contributed by atoms with Crippen LogP contribution < -0.4 is 0 Å². The number of carboxylic acid groups (broad SMARTS) is 1. The number of nitrogens with zero attached hydrogens (tertiary/aromatic N) is 1. The molecule has 3 unspecified atom stereocenters. The lowest BCUT2D eigenvalue weighted by molar-refractivity contribution is -0.233. The van der Waals surface area contributed by atoms with Gasteiger partial charge in [-0.1, -0.05) is 30.3 Å². The van der Waals surface area contributed by atoms with Crippen molar-refractivity contribution in [3.63, 3.8) is 0 Å². The van der Waals surface area contributed by atoms with Crippen LogP contribution in [-0.2, 0) is 32.8 Å². The molecule has 0 bridgehead atoms. The Bertz CT molecular complexity index is 777. The zero-order valence-electron chi connectivity index (χ0n) is 14.8. The first-order valence-electron chi connectivity index (χ1n) is 8.89. The van der Waals surface area contributed by atoms with E-state index in [-0.39, 0.29) is 6.29 Å². The first-order chi connectivity index (χ1) is 12.6. The molecule has 26 heavy (non-hydrogen) atoms. The largest absolute Gasteiger partial charge is 0.480 e. The average Bonchev–Trinajstić information content (AvgIpc) is 3.13. The lowest BCUT2D eigenvalue weighted by Gasteiger charge is -2.48. The molecule has 2 aromatic rings. The number of carboxylic acids is 1. The second-order valence-electron chi connectivity index (χ2n) is 7.00. The van der Waals surface area contributed by atoms with Crippen LogP contribution in [0.1, 0.15) is 28.8 Å². The Kier molecular flexibility index (Phi) is 4.84. The van der Waals surface area contributed by atoms with Crippen LogP contribution in [0.15, 0.2) is 41.8 Å². The van der Waals surface area contributed by atoms with Crippen LogP contribution in [0.3, 0.4) is 0 Å². The summed E-state index contributed by atoms with van der Waals surface area (Å²) < 4.78 is 11.8. The van der Waals surface area contributed by atoms with E-state index in [1.165, 1.54) is 4.88 Å². The van der Waals surface area contributed by atoms with Gasteiger partial charge in [0.2, 0.25) is 0 Å². The highest BCUT2D eigenvalue weighted by Crippen LogP contribution is 2.47. The molecule has 0 amide bonds. The van der Waals surface area contributed by atoms with Crippen LogP contribution in [0.4, 0.5) is 0 Å². The molecular formula is C20H23NO4S. The molecule has 3 heterocycles. The maximum atomic E-state index is 12.1. The predicted molar refractivity (Wildman–Crippen MR) is 99.1 cm³/mol. The van der Waals surface area contributed by atoms with Gasteiger partial charge in [-0.3, -0.25) is 9.69 Å². The number of fused-ring (bicyclic) bond motifs is 2. The monoisotopic (exact) mass is 373 g/mol. The van der Waals surface area contributed by atoms with Crippen molar-refractivity contribution in [1.82, 2.24) is 4.90 Å². The summed E-state index contributed by atoms with van der Waals surface area (Å²) in [7, 11) is 1.65. The van der Waals surface area contributed by atoms with E-state index in [1.807, 2.05) is 30.3 Å². The summed E-state index contributed by atoms with van der Waals surface area (Å²) in [5.74, 6) is -0.792. The summed E-state index contributed by atoms with van der Waals surface area (Å²) in [6.45, 7) is 1.32. The maximum absolute atomic E-state index is 12.1. The van der Waals surface area contributed by atoms with Crippen LogP contribution in [-0.4, -0.2) is 42.0 Å². The molecule has 4 rings (SSSR count). The summed E-state index contributed by atoms with van der Waals surface area (Å²) in [4.78, 5) is 15.4. The minimum atomic E-state index is -0.792. The molecule has 1 aromatic carbocycles. The van der Waals surface area contributed by atoms with Gasteiger partial charge in [0.1, 0.15) is 11.6 Å². The first-order valence-corrected chi connectivity index (χ1v) is 9.77. The molecule has 1 aromatic heterocycles. The minimum absolute atomic E-state index is 0.309. The molecule has 5 nitrogen and oxygen atoms in total. The van der Waals surface area contributed by atoms with Crippen molar-refractivity contribution in [1.29, 1.82) is 0 Å². The molecule has 6 heteroatoms. The molecule has 0 aliphatic carbocycles. The second kappa shape index (κ2) is 7.12. The highest BCUT2D eigenvalue weighted by Gasteiger charge is 2.49. The fourth-order valence-electron chi connectivity index (χ4n) is 4.17. The van der Waals surface area contributed by atoms with Gasteiger partial charge in [0.05, 0.1) is 0 Å². The molecular weight excluding hydrogens is 350 g/mol. The molecule has 1 N–H and O–H groups in total. The molecule has 2 aliphatic heterocycles. The molecule has 1 spiro atoms. The number of hydrogen-bond acceptors (Lipinski definition) is 5. The minimum Gasteiger partial charge on any atom is -0.480 e. The molecule has 1 saturated heterocycles. The number of methoxy groups -OCH3 is 1. The molecule has 0 radical (unpaired) electrons. The van der Waals surface area contributed by atoms with Gasteiger partial charge in [-0.15, -0.1) is 11.3 Å². The fraction of sp³-hybridized carbons (Fsp3) is 0.450. The van der Waals surface area contributed by atoms with Gasteiger partial charge in [-0.25, -0.2) is 0 Å². The van der Waals surface area contributed by atoms with E-state index in [0.29, 0.717) is 19.5 Å². The van der Waals surface area contributed by atoms with E-state index >= 15 is 0 Å². The summed E-state index contributed by atoms with van der Waals surface area (Å²) in [5, 5.41) is 12.0. The van der Waals surface area contributed by atoms with E-state index < -0.39 is 17.6 Å². The van der Waals surface area contributed by atoms with Crippen molar-refractivity contribution in [2.45, 2.75) is 43.7 Å². The van der Waals surface area contributed by atoms with Gasteiger partial charge in [0, 0.05) is 37.9 Å². The third kappa shape index (κ3) is 3.18. The highest BCUT2D eigenvalue weighted by molar-refractivity contribution is 7.10. The van der Waals surface area contributed by atoms with Crippen molar-refractivity contribution in [2.24, 2.45) is 0 Å². The van der Waals surface area contributed by atoms with Crippen molar-refractivity contribution in [2.75, 3.05) is 13.7 Å². The van der Waals surface area contributed by atoms with Crippen molar-refractivity contribution in [3.05, 3.63) is 57.8 Å². The molecule has 1 fully saturated rings. The van der Waals surface area contributed by atoms with E-state index in [1.54, 1.807) is 18.4 Å². The Balaban J connectivity index is 1.61. The fourth-order valence-corrected chi connectivity index (χ4v) is 5.15. The number of rotatable bonds is 4. The molecule has 0 saturated carbocycles. The van der Waals surface area contributed by atoms with Crippen molar-refractivity contribution in [3.8, 4) is 0 Å². The van der Waals surface area contributed by atoms with E-state index in [9.17, 15) is 9.90 Å². The van der Waals surface area contributed by atoms with Crippen LogP contribution >= 0.6 is 11.3 Å². The normalized spacial score (nSPS) is 28.8. The Morgan fingerprint density at radius 3 is 2.92 bits per heavy atom. The van der Waals surface area contributed by atoms with Gasteiger partial charge in [0.15, 0.2) is 6.29 Å². The molecule has 138 valence electrons. The van der Waals surface area contributed by atoms with Crippen molar-refractivity contribution < 1.29 is 19.4 Å². The average molecular weight is 373 g/mol. The van der Waals surface area contributed by atoms with E-state index in [0.717, 1.165) is 24.0 Å². The molecule has 3 atom stereocenters. The Labute approximate surface area is 157 Å². The smallest absolute Gasteiger partial charge is 0.321 e. The summed E-state index contributed by atoms with van der Waals surface area (Å²) in [6, 6.07) is 11.5. The number of aliphatic carboxylic acids is 1. The standard InChI is InChI=1S/C20H23NO4S/c1-24-18-11-17-15(7-10-26-17)20(25-18)8-9-21(16(12-20)19(22)23)13-14-5-3-2-4-6-14/h2-7,10,16,18H,8-9,11-13H2,1H3,(H,22,23). The van der Waals surface area contributed by atoms with Crippen LogP contribution in [0, 0.1) is 0 Å². The third-order valence-electron chi connectivity index (χ3n) is 5.49. The number of piperidine rings is 1. The number of hydrogen-bond donors (Lipinski definition) is 1. The summed E-state index contributed by atoms with van der Waals surface area (Å²) in [5.41, 5.74) is 1.72. The zero-order valence-corrected chi connectivity index (χ0v) is 15.6. The second-order valence-corrected chi connectivity index (χ2v) is 8.00. The van der Waals surface area contributed by atoms with Gasteiger partial charge in [-0.05, 0) is 29.0 Å². The van der Waals surface area contributed by atoms with Crippen LogP contribution in [0.2, 0.25) is 0 Å². The molecule has 2 aliphatic rings. The van der Waals surface area contributed by atoms with Gasteiger partial charge < -0.3 is 14.6 Å². The van der Waals surface area contributed by atoms with Gasteiger partial charge >= 0.3 is 5.97 Å². The SMILES string of the molecule is COC1Cc2sccc2C2(CCN(Cc3ccccc3)C(C(=O)O)C2)O1. The first kappa shape index (κ1) is 17.7. The topological polar surface area (TPSA) is 59.0 Å². The van der Waals surface area contributed by atoms with Gasteiger partial charge in [-0.2, -0.15) is 0 Å². The third-order valence-corrected chi connectivity index (χ3v) is 6.43. The zero-order chi connectivity index (χ0) is 18.1. The van der Waals surface area contributed by atoms with E-state index in [4.69, 9.17) is 9.47 Å². The number of ether oxygens (including phenoxy) is 2. The lowest BCUT2D eigenvalue weighted by Crippen LogP contribution is -2.55. The Morgan fingerprint density at radius 1 is 1.38 bits per heavy atom. The number of carbonyl (C=O) groups is 1. The van der Waals surface area contributed by atoms with Crippen LogP contribution in [0.5, 0.6) is 0 Å². The number of benzene rings is 1. The quantitative estimate of drug-likeness (QED) is 0.892. The van der Waals surface area contributed by atoms with Crippen LogP contribution in [0.25, 0.3) is 0 Å². The summed E-state index contributed by atoms with van der Waals surface area (Å²) >= 11 is 1.70. The van der Waals surface area contributed by atoms with Gasteiger partial charge in [0.25, 0.3) is 0 Å². The Morgan fingerprint density at radius 2 is 2.19 bits per heavy atom. The number of thiophene rings is 1. The predicted octanol–water partition coefficient (Wildman–Crippen LogP) is 3.24. The summed E-state index contributed by atoms with van der Waals surface area (Å²) in [6.07, 6.45) is 1.64. The highest BCUT2D eigenvalue weighted by atomic mass is 32.1. The van der Waals surface area contributed by atoms with Crippen molar-refractivity contribution >= 4 is 17.3 Å². The lowest BCUT2D eigenvalue weighted by atomic mass is 9.78. The maximum Gasteiger partial charge on any atom is 0.321 e. The Hall–Kier alpha value is -1.73.